The Morgan fingerprint density at radius 2 is 1.62 bits per heavy atom. The van der Waals surface area contributed by atoms with Crippen LogP contribution in [-0.2, 0) is 11.2 Å². The van der Waals surface area contributed by atoms with Crippen molar-refractivity contribution in [2.75, 3.05) is 13.2 Å². The lowest BCUT2D eigenvalue weighted by molar-refractivity contribution is -0.136. The molecule has 1 N–H and O–H groups in total. The SMILES string of the molecule is Cc1cccc(OCCOc2cccc(CC(=O)O)c2)c1. The molecule has 0 aliphatic rings. The van der Waals surface area contributed by atoms with Gasteiger partial charge in [-0.3, -0.25) is 4.79 Å². The van der Waals surface area contributed by atoms with Gasteiger partial charge in [-0.2, -0.15) is 0 Å². The number of hydrogen-bond donors (Lipinski definition) is 1. The second-order valence-electron chi connectivity index (χ2n) is 4.73. The fourth-order valence-corrected chi connectivity index (χ4v) is 1.94. The Kier molecular flexibility index (Phi) is 5.21. The standard InChI is InChI=1S/C17H18O4/c1-13-4-2-6-15(10-13)20-8-9-21-16-7-3-5-14(11-16)12-17(18)19/h2-7,10-11H,8-9,12H2,1H3,(H,18,19). The molecule has 110 valence electrons. The van der Waals surface area contributed by atoms with E-state index in [1.807, 2.05) is 31.2 Å². The van der Waals surface area contributed by atoms with Crippen LogP contribution in [0.2, 0.25) is 0 Å². The van der Waals surface area contributed by atoms with E-state index in [9.17, 15) is 4.79 Å². The van der Waals surface area contributed by atoms with Crippen molar-refractivity contribution in [2.45, 2.75) is 13.3 Å². The minimum absolute atomic E-state index is 0.00298. The zero-order valence-electron chi connectivity index (χ0n) is 11.9. The van der Waals surface area contributed by atoms with E-state index in [4.69, 9.17) is 14.6 Å². The van der Waals surface area contributed by atoms with Gasteiger partial charge in [0.1, 0.15) is 24.7 Å². The topological polar surface area (TPSA) is 55.8 Å². The van der Waals surface area contributed by atoms with E-state index in [1.165, 1.54) is 0 Å². The quantitative estimate of drug-likeness (QED) is 0.795. The molecule has 0 amide bonds. The summed E-state index contributed by atoms with van der Waals surface area (Å²) in [6.45, 7) is 2.86. The molecule has 0 radical (unpaired) electrons. The van der Waals surface area contributed by atoms with Crippen LogP contribution >= 0.6 is 0 Å². The summed E-state index contributed by atoms with van der Waals surface area (Å²) in [5, 5.41) is 8.76. The van der Waals surface area contributed by atoms with Crippen molar-refractivity contribution in [2.24, 2.45) is 0 Å². The molecule has 0 unspecified atom stereocenters. The highest BCUT2D eigenvalue weighted by Crippen LogP contribution is 2.15. The minimum atomic E-state index is -0.852. The van der Waals surface area contributed by atoms with Gasteiger partial charge in [0.15, 0.2) is 0 Å². The van der Waals surface area contributed by atoms with Crippen LogP contribution in [0.1, 0.15) is 11.1 Å². The maximum atomic E-state index is 10.7. The van der Waals surface area contributed by atoms with Crippen molar-refractivity contribution in [1.29, 1.82) is 0 Å². The molecule has 4 nitrogen and oxygen atoms in total. The number of aryl methyl sites for hydroxylation is 1. The first-order valence-corrected chi connectivity index (χ1v) is 6.76. The Balaban J connectivity index is 1.79. The van der Waals surface area contributed by atoms with E-state index < -0.39 is 5.97 Å². The molecule has 0 saturated carbocycles. The lowest BCUT2D eigenvalue weighted by atomic mass is 10.1. The summed E-state index contributed by atoms with van der Waals surface area (Å²) in [4.78, 5) is 10.7. The average molecular weight is 286 g/mol. The van der Waals surface area contributed by atoms with Gasteiger partial charge in [-0.05, 0) is 42.3 Å². The number of carboxylic acids is 1. The Bertz CT molecular complexity index is 607. The smallest absolute Gasteiger partial charge is 0.307 e. The largest absolute Gasteiger partial charge is 0.490 e. The van der Waals surface area contributed by atoms with E-state index in [2.05, 4.69) is 0 Å². The van der Waals surface area contributed by atoms with Crippen molar-refractivity contribution in [3.05, 3.63) is 59.7 Å². The predicted octanol–water partition coefficient (Wildman–Crippen LogP) is 3.08. The first kappa shape index (κ1) is 14.9. The van der Waals surface area contributed by atoms with E-state index in [0.717, 1.165) is 16.9 Å². The van der Waals surface area contributed by atoms with Crippen LogP contribution in [0.25, 0.3) is 0 Å². The average Bonchev–Trinajstić information content (AvgIpc) is 2.43. The second kappa shape index (κ2) is 7.33. The number of carboxylic acid groups (broad SMARTS) is 1. The van der Waals surface area contributed by atoms with Crippen LogP contribution in [-0.4, -0.2) is 24.3 Å². The number of aliphatic carboxylic acids is 1. The molecule has 0 heterocycles. The number of ether oxygens (including phenoxy) is 2. The molecule has 0 fully saturated rings. The van der Waals surface area contributed by atoms with Gasteiger partial charge in [-0.15, -0.1) is 0 Å². The zero-order chi connectivity index (χ0) is 15.1. The summed E-state index contributed by atoms with van der Waals surface area (Å²) in [7, 11) is 0. The lowest BCUT2D eigenvalue weighted by Gasteiger charge is -2.09. The summed E-state index contributed by atoms with van der Waals surface area (Å²) in [5.41, 5.74) is 1.87. The monoisotopic (exact) mass is 286 g/mol. The lowest BCUT2D eigenvalue weighted by Crippen LogP contribution is -2.09. The van der Waals surface area contributed by atoms with Crippen LogP contribution in [0.4, 0.5) is 0 Å². The van der Waals surface area contributed by atoms with Crippen molar-refractivity contribution < 1.29 is 19.4 Å². The summed E-state index contributed by atoms with van der Waals surface area (Å²) in [6.07, 6.45) is -0.00298. The maximum Gasteiger partial charge on any atom is 0.307 e. The molecule has 0 aromatic heterocycles. The van der Waals surface area contributed by atoms with Gasteiger partial charge in [0, 0.05) is 0 Å². The highest BCUT2D eigenvalue weighted by Gasteiger charge is 2.02. The second-order valence-corrected chi connectivity index (χ2v) is 4.73. The fraction of sp³-hybridized carbons (Fsp3) is 0.235. The normalized spacial score (nSPS) is 10.1. The first-order chi connectivity index (χ1) is 10.1. The Morgan fingerprint density at radius 1 is 1.00 bits per heavy atom. The third-order valence-electron chi connectivity index (χ3n) is 2.86. The highest BCUT2D eigenvalue weighted by atomic mass is 16.5. The molecular weight excluding hydrogens is 268 g/mol. The molecule has 21 heavy (non-hydrogen) atoms. The van der Waals surface area contributed by atoms with E-state index >= 15 is 0 Å². The molecule has 0 atom stereocenters. The van der Waals surface area contributed by atoms with Gasteiger partial charge in [0.2, 0.25) is 0 Å². The summed E-state index contributed by atoms with van der Waals surface area (Å²) < 4.78 is 11.1. The molecule has 2 rings (SSSR count). The maximum absolute atomic E-state index is 10.7. The van der Waals surface area contributed by atoms with E-state index in [1.54, 1.807) is 24.3 Å². The van der Waals surface area contributed by atoms with Gasteiger partial charge < -0.3 is 14.6 Å². The number of benzene rings is 2. The van der Waals surface area contributed by atoms with Crippen molar-refractivity contribution >= 4 is 5.97 Å². The van der Waals surface area contributed by atoms with Crippen LogP contribution in [0.15, 0.2) is 48.5 Å². The zero-order valence-corrected chi connectivity index (χ0v) is 11.9. The van der Waals surface area contributed by atoms with E-state index in [-0.39, 0.29) is 6.42 Å². The summed E-state index contributed by atoms with van der Waals surface area (Å²) in [6, 6.07) is 14.9. The van der Waals surface area contributed by atoms with Crippen LogP contribution in [0.5, 0.6) is 11.5 Å². The molecule has 0 spiro atoms. The van der Waals surface area contributed by atoms with Gasteiger partial charge in [0.25, 0.3) is 0 Å². The van der Waals surface area contributed by atoms with Crippen LogP contribution in [0.3, 0.4) is 0 Å². The molecular formula is C17H18O4. The Morgan fingerprint density at radius 3 is 2.24 bits per heavy atom. The van der Waals surface area contributed by atoms with Crippen molar-refractivity contribution in [3.63, 3.8) is 0 Å². The third-order valence-corrected chi connectivity index (χ3v) is 2.86. The molecule has 0 bridgehead atoms. The van der Waals surface area contributed by atoms with Gasteiger partial charge >= 0.3 is 5.97 Å². The van der Waals surface area contributed by atoms with Crippen molar-refractivity contribution in [3.8, 4) is 11.5 Å². The number of carbonyl (C=O) groups is 1. The van der Waals surface area contributed by atoms with Crippen LogP contribution < -0.4 is 9.47 Å². The molecule has 0 saturated heterocycles. The highest BCUT2D eigenvalue weighted by molar-refractivity contribution is 5.70. The van der Waals surface area contributed by atoms with Gasteiger partial charge in [-0.1, -0.05) is 24.3 Å². The van der Waals surface area contributed by atoms with Gasteiger partial charge in [-0.25, -0.2) is 0 Å². The fourth-order valence-electron chi connectivity index (χ4n) is 1.94. The number of hydrogen-bond acceptors (Lipinski definition) is 3. The molecule has 4 heteroatoms. The van der Waals surface area contributed by atoms with Crippen LogP contribution in [0, 0.1) is 6.92 Å². The van der Waals surface area contributed by atoms with Crippen molar-refractivity contribution in [1.82, 2.24) is 0 Å². The minimum Gasteiger partial charge on any atom is -0.490 e. The molecule has 0 aliphatic heterocycles. The molecule has 0 aliphatic carbocycles. The molecule has 2 aromatic rings. The van der Waals surface area contributed by atoms with E-state index in [0.29, 0.717) is 19.0 Å². The predicted molar refractivity (Wildman–Crippen MR) is 80.0 cm³/mol. The summed E-state index contributed by atoms with van der Waals surface area (Å²) in [5.74, 6) is 0.620. The first-order valence-electron chi connectivity index (χ1n) is 6.76. The van der Waals surface area contributed by atoms with Gasteiger partial charge in [0.05, 0.1) is 6.42 Å². The number of rotatable bonds is 7. The summed E-state index contributed by atoms with van der Waals surface area (Å²) >= 11 is 0. The Labute approximate surface area is 123 Å². The Hall–Kier alpha value is -2.49. The molecule has 2 aromatic carbocycles. The third kappa shape index (κ3) is 5.18.